The Labute approximate surface area is 103 Å². The van der Waals surface area contributed by atoms with Gasteiger partial charge in [0.15, 0.2) is 5.82 Å². The molecule has 1 aromatic rings. The fraction of sp³-hybridized carbons (Fsp3) is 0.846. The lowest BCUT2D eigenvalue weighted by Crippen LogP contribution is -2.39. The molecule has 3 rings (SSSR count). The third-order valence-corrected chi connectivity index (χ3v) is 4.45. The van der Waals surface area contributed by atoms with Crippen LogP contribution in [-0.2, 0) is 5.54 Å². The predicted molar refractivity (Wildman–Crippen MR) is 66.4 cm³/mol. The molecule has 94 valence electrons. The highest BCUT2D eigenvalue weighted by Crippen LogP contribution is 2.44. The van der Waals surface area contributed by atoms with Gasteiger partial charge in [0.1, 0.15) is 6.33 Å². The average Bonchev–Trinajstić information content (AvgIpc) is 3.08. The summed E-state index contributed by atoms with van der Waals surface area (Å²) in [6, 6.07) is 0.579. The topological polar surface area (TPSA) is 56.7 Å². The van der Waals surface area contributed by atoms with Crippen molar-refractivity contribution in [1.29, 1.82) is 0 Å². The molecule has 1 aromatic heterocycles. The minimum atomic E-state index is -0.284. The highest BCUT2D eigenvalue weighted by atomic mass is 15.3. The molecule has 1 atom stereocenters. The predicted octanol–water partition coefficient (Wildman–Crippen LogP) is 2.37. The molecule has 2 fully saturated rings. The van der Waals surface area contributed by atoms with Gasteiger partial charge in [-0.05, 0) is 38.5 Å². The molecule has 2 aliphatic carbocycles. The molecule has 2 N–H and O–H groups in total. The number of hydrogen-bond acceptors (Lipinski definition) is 3. The van der Waals surface area contributed by atoms with Gasteiger partial charge in [0.25, 0.3) is 0 Å². The van der Waals surface area contributed by atoms with Crippen molar-refractivity contribution in [3.63, 3.8) is 0 Å². The van der Waals surface area contributed by atoms with Crippen LogP contribution in [-0.4, -0.2) is 14.8 Å². The maximum Gasteiger partial charge on any atom is 0.153 e. The van der Waals surface area contributed by atoms with Gasteiger partial charge in [0.05, 0.1) is 5.54 Å². The van der Waals surface area contributed by atoms with Crippen molar-refractivity contribution in [3.05, 3.63) is 12.2 Å². The Morgan fingerprint density at radius 1 is 1.24 bits per heavy atom. The van der Waals surface area contributed by atoms with Gasteiger partial charge >= 0.3 is 0 Å². The van der Waals surface area contributed by atoms with E-state index < -0.39 is 0 Å². The Bertz CT molecular complexity index is 386. The zero-order valence-corrected chi connectivity index (χ0v) is 10.6. The van der Waals surface area contributed by atoms with Crippen LogP contribution in [0.2, 0.25) is 0 Å². The first-order chi connectivity index (χ1) is 8.19. The third-order valence-electron chi connectivity index (χ3n) is 4.45. The third kappa shape index (κ3) is 1.99. The Morgan fingerprint density at radius 2 is 1.94 bits per heavy atom. The van der Waals surface area contributed by atoms with Crippen molar-refractivity contribution in [2.45, 2.75) is 63.5 Å². The lowest BCUT2D eigenvalue weighted by atomic mass is 9.92. The highest BCUT2D eigenvalue weighted by molar-refractivity contribution is 5.11. The normalized spacial score (nSPS) is 25.8. The van der Waals surface area contributed by atoms with E-state index in [0.29, 0.717) is 12.0 Å². The van der Waals surface area contributed by atoms with Gasteiger partial charge in [-0.15, -0.1) is 10.2 Å². The summed E-state index contributed by atoms with van der Waals surface area (Å²) < 4.78 is 2.26. The van der Waals surface area contributed by atoms with E-state index in [-0.39, 0.29) is 5.54 Å². The molecule has 0 amide bonds. The number of nitrogens with two attached hydrogens (primary N) is 1. The molecule has 0 bridgehead atoms. The van der Waals surface area contributed by atoms with E-state index in [1.54, 1.807) is 0 Å². The van der Waals surface area contributed by atoms with Gasteiger partial charge in [0.2, 0.25) is 0 Å². The van der Waals surface area contributed by atoms with Crippen LogP contribution in [0.3, 0.4) is 0 Å². The first-order valence-electron chi connectivity index (χ1n) is 6.88. The average molecular weight is 234 g/mol. The molecule has 17 heavy (non-hydrogen) atoms. The van der Waals surface area contributed by atoms with Crippen molar-refractivity contribution in [2.24, 2.45) is 11.7 Å². The van der Waals surface area contributed by atoms with E-state index in [1.165, 1.54) is 44.9 Å². The number of nitrogens with zero attached hydrogens (tertiary/aromatic N) is 3. The van der Waals surface area contributed by atoms with E-state index in [4.69, 9.17) is 5.73 Å². The number of hydrogen-bond donors (Lipinski definition) is 1. The second kappa shape index (κ2) is 4.09. The quantitative estimate of drug-likeness (QED) is 0.873. The van der Waals surface area contributed by atoms with Gasteiger partial charge < -0.3 is 10.3 Å². The Kier molecular flexibility index (Phi) is 2.69. The molecule has 4 nitrogen and oxygen atoms in total. The summed E-state index contributed by atoms with van der Waals surface area (Å²) in [5, 5.41) is 8.42. The van der Waals surface area contributed by atoms with Gasteiger partial charge in [-0.2, -0.15) is 0 Å². The second-order valence-corrected chi connectivity index (χ2v) is 5.91. The molecule has 1 heterocycles. The van der Waals surface area contributed by atoms with Crippen molar-refractivity contribution in [2.75, 3.05) is 0 Å². The Balaban J connectivity index is 1.87. The molecule has 0 saturated heterocycles. The molecular weight excluding hydrogens is 212 g/mol. The van der Waals surface area contributed by atoms with Crippen molar-refractivity contribution in [3.8, 4) is 0 Å². The second-order valence-electron chi connectivity index (χ2n) is 5.91. The summed E-state index contributed by atoms with van der Waals surface area (Å²) >= 11 is 0. The van der Waals surface area contributed by atoms with Crippen LogP contribution < -0.4 is 5.73 Å². The van der Waals surface area contributed by atoms with E-state index in [9.17, 15) is 0 Å². The van der Waals surface area contributed by atoms with Gasteiger partial charge in [-0.1, -0.05) is 19.3 Å². The molecule has 4 heteroatoms. The summed E-state index contributed by atoms with van der Waals surface area (Å²) in [4.78, 5) is 0. The van der Waals surface area contributed by atoms with E-state index >= 15 is 0 Å². The largest absolute Gasteiger partial charge is 0.319 e. The first-order valence-corrected chi connectivity index (χ1v) is 6.88. The minimum Gasteiger partial charge on any atom is -0.319 e. The fourth-order valence-corrected chi connectivity index (χ4v) is 3.12. The van der Waals surface area contributed by atoms with Crippen molar-refractivity contribution in [1.82, 2.24) is 14.8 Å². The molecule has 0 radical (unpaired) electrons. The lowest BCUT2D eigenvalue weighted by molar-refractivity contribution is 0.308. The maximum atomic E-state index is 6.47. The van der Waals surface area contributed by atoms with Crippen LogP contribution in [0.15, 0.2) is 6.33 Å². The molecule has 0 aliphatic heterocycles. The molecule has 2 saturated carbocycles. The Morgan fingerprint density at radius 3 is 2.59 bits per heavy atom. The Hall–Kier alpha value is -0.900. The molecule has 0 aromatic carbocycles. The van der Waals surface area contributed by atoms with Crippen LogP contribution in [0.4, 0.5) is 0 Å². The molecule has 1 unspecified atom stereocenters. The number of rotatable bonds is 3. The van der Waals surface area contributed by atoms with Crippen LogP contribution in [0.25, 0.3) is 0 Å². The van der Waals surface area contributed by atoms with Crippen LogP contribution >= 0.6 is 0 Å². The van der Waals surface area contributed by atoms with E-state index in [2.05, 4.69) is 21.7 Å². The highest BCUT2D eigenvalue weighted by Gasteiger charge is 2.43. The summed E-state index contributed by atoms with van der Waals surface area (Å²) in [7, 11) is 0. The molecule has 2 aliphatic rings. The zero-order chi connectivity index (χ0) is 11.9. The maximum absolute atomic E-state index is 6.47. The van der Waals surface area contributed by atoms with Crippen LogP contribution in [0.1, 0.15) is 63.7 Å². The zero-order valence-electron chi connectivity index (χ0n) is 10.6. The van der Waals surface area contributed by atoms with Crippen LogP contribution in [0.5, 0.6) is 0 Å². The van der Waals surface area contributed by atoms with Gasteiger partial charge in [0, 0.05) is 6.04 Å². The summed E-state index contributed by atoms with van der Waals surface area (Å²) in [5.74, 6) is 1.61. The standard InChI is InChI=1S/C13H22N4/c1-13(14,10-7-8-10)12-16-15-9-17(12)11-5-3-2-4-6-11/h9-11H,2-8,14H2,1H3. The van der Waals surface area contributed by atoms with Gasteiger partial charge in [-0.3, -0.25) is 0 Å². The summed E-state index contributed by atoms with van der Waals surface area (Å²) in [5.41, 5.74) is 6.19. The van der Waals surface area contributed by atoms with Crippen molar-refractivity contribution < 1.29 is 0 Å². The molecule has 0 spiro atoms. The van der Waals surface area contributed by atoms with Crippen molar-refractivity contribution >= 4 is 0 Å². The minimum absolute atomic E-state index is 0.284. The number of aromatic nitrogens is 3. The first kappa shape index (κ1) is 11.2. The molecular formula is C13H22N4. The van der Waals surface area contributed by atoms with Crippen LogP contribution in [0, 0.1) is 5.92 Å². The summed E-state index contributed by atoms with van der Waals surface area (Å²) in [6.45, 7) is 2.12. The van der Waals surface area contributed by atoms with Gasteiger partial charge in [-0.25, -0.2) is 0 Å². The fourth-order valence-electron chi connectivity index (χ4n) is 3.12. The monoisotopic (exact) mass is 234 g/mol. The SMILES string of the molecule is CC(N)(c1nncn1C1CCCCC1)C1CC1. The lowest BCUT2D eigenvalue weighted by Gasteiger charge is -2.29. The van der Waals surface area contributed by atoms with E-state index in [0.717, 1.165) is 5.82 Å². The van der Waals surface area contributed by atoms with E-state index in [1.807, 2.05) is 6.33 Å². The summed E-state index contributed by atoms with van der Waals surface area (Å²) in [6.07, 6.45) is 10.9. The smallest absolute Gasteiger partial charge is 0.153 e.